The van der Waals surface area contributed by atoms with Crippen LogP contribution in [0.4, 0.5) is 0 Å². The number of amides is 1. The SMILES string of the molecule is CCN(C)C(=O)CCSC1=CC2CC=C(Cl)C=C2C=C1. The number of fused-ring (bicyclic) bond motifs is 1. The number of halogens is 1. The molecule has 0 saturated heterocycles. The second kappa shape index (κ2) is 7.19. The normalized spacial score (nSPS) is 20.8. The molecule has 0 heterocycles. The number of hydrogen-bond donors (Lipinski definition) is 0. The standard InChI is InChI=1S/C16H20ClNOS/c1-3-18(2)16(19)8-9-20-15-7-5-12-10-14(17)6-4-13(12)11-15/h5-7,10-11,13H,3-4,8-9H2,1-2H3. The van der Waals surface area contributed by atoms with Crippen LogP contribution in [-0.4, -0.2) is 30.2 Å². The number of allylic oxidation sites excluding steroid dienone is 7. The van der Waals surface area contributed by atoms with Crippen molar-refractivity contribution in [2.75, 3.05) is 19.3 Å². The summed E-state index contributed by atoms with van der Waals surface area (Å²) in [6.07, 6.45) is 12.2. The van der Waals surface area contributed by atoms with Gasteiger partial charge in [-0.2, -0.15) is 0 Å². The molecular weight excluding hydrogens is 290 g/mol. The Labute approximate surface area is 130 Å². The minimum atomic E-state index is 0.216. The molecular formula is C16H20ClNOS. The molecule has 20 heavy (non-hydrogen) atoms. The first-order valence-electron chi connectivity index (χ1n) is 6.94. The van der Waals surface area contributed by atoms with Crippen LogP contribution >= 0.6 is 23.4 Å². The molecule has 2 rings (SSSR count). The molecule has 0 aromatic rings. The van der Waals surface area contributed by atoms with E-state index in [0.717, 1.165) is 23.8 Å². The van der Waals surface area contributed by atoms with Crippen LogP contribution in [0.15, 0.2) is 45.9 Å². The molecule has 0 spiro atoms. The Balaban J connectivity index is 1.83. The second-order valence-electron chi connectivity index (χ2n) is 4.98. The summed E-state index contributed by atoms with van der Waals surface area (Å²) in [4.78, 5) is 14.7. The van der Waals surface area contributed by atoms with Gasteiger partial charge in [-0.15, -0.1) is 11.8 Å². The Morgan fingerprint density at radius 1 is 1.50 bits per heavy atom. The highest BCUT2D eigenvalue weighted by atomic mass is 35.5. The number of thioether (sulfide) groups is 1. The van der Waals surface area contributed by atoms with E-state index in [-0.39, 0.29) is 5.91 Å². The van der Waals surface area contributed by atoms with Crippen LogP contribution < -0.4 is 0 Å². The number of nitrogens with zero attached hydrogens (tertiary/aromatic N) is 1. The predicted molar refractivity (Wildman–Crippen MR) is 87.7 cm³/mol. The van der Waals surface area contributed by atoms with E-state index in [1.165, 1.54) is 10.5 Å². The van der Waals surface area contributed by atoms with Gasteiger partial charge in [-0.1, -0.05) is 29.8 Å². The van der Waals surface area contributed by atoms with E-state index in [9.17, 15) is 4.79 Å². The molecule has 1 unspecified atom stereocenters. The first-order chi connectivity index (χ1) is 9.60. The number of carbonyl (C=O) groups excluding carboxylic acids is 1. The molecule has 108 valence electrons. The maximum atomic E-state index is 11.7. The fourth-order valence-electron chi connectivity index (χ4n) is 2.19. The van der Waals surface area contributed by atoms with Crippen molar-refractivity contribution in [3.05, 3.63) is 45.9 Å². The van der Waals surface area contributed by atoms with Crippen molar-refractivity contribution in [3.8, 4) is 0 Å². The summed E-state index contributed by atoms with van der Waals surface area (Å²) in [5, 5.41) is 0.832. The zero-order valence-corrected chi connectivity index (χ0v) is 13.5. The molecule has 0 aromatic heterocycles. The van der Waals surface area contributed by atoms with Gasteiger partial charge in [-0.05, 0) is 31.1 Å². The highest BCUT2D eigenvalue weighted by Crippen LogP contribution is 2.35. The summed E-state index contributed by atoms with van der Waals surface area (Å²) in [5.74, 6) is 1.49. The molecule has 0 radical (unpaired) electrons. The van der Waals surface area contributed by atoms with E-state index in [2.05, 4.69) is 24.3 Å². The maximum Gasteiger partial charge on any atom is 0.223 e. The van der Waals surface area contributed by atoms with Crippen molar-refractivity contribution in [2.24, 2.45) is 5.92 Å². The lowest BCUT2D eigenvalue weighted by Crippen LogP contribution is -2.26. The Morgan fingerprint density at radius 2 is 2.30 bits per heavy atom. The summed E-state index contributed by atoms with van der Waals surface area (Å²) in [7, 11) is 1.85. The van der Waals surface area contributed by atoms with E-state index in [0.29, 0.717) is 12.3 Å². The van der Waals surface area contributed by atoms with E-state index in [4.69, 9.17) is 11.6 Å². The fraction of sp³-hybridized carbons (Fsp3) is 0.438. The van der Waals surface area contributed by atoms with Gasteiger partial charge in [0.05, 0.1) is 0 Å². The molecule has 0 aliphatic heterocycles. The van der Waals surface area contributed by atoms with E-state index < -0.39 is 0 Å². The summed E-state index contributed by atoms with van der Waals surface area (Å²) in [5.41, 5.74) is 1.28. The van der Waals surface area contributed by atoms with Crippen molar-refractivity contribution in [2.45, 2.75) is 19.8 Å². The Hall–Kier alpha value is -0.930. The van der Waals surface area contributed by atoms with Crippen LogP contribution in [0, 0.1) is 5.92 Å². The lowest BCUT2D eigenvalue weighted by atomic mass is 9.88. The van der Waals surface area contributed by atoms with Gasteiger partial charge in [0.1, 0.15) is 0 Å². The van der Waals surface area contributed by atoms with Crippen molar-refractivity contribution in [1.29, 1.82) is 0 Å². The molecule has 2 nitrogen and oxygen atoms in total. The summed E-state index contributed by atoms with van der Waals surface area (Å²) >= 11 is 7.77. The topological polar surface area (TPSA) is 20.3 Å². The van der Waals surface area contributed by atoms with Crippen LogP contribution in [0.1, 0.15) is 19.8 Å². The molecule has 0 aromatic carbocycles. The van der Waals surface area contributed by atoms with Gasteiger partial charge in [0.15, 0.2) is 0 Å². The summed E-state index contributed by atoms with van der Waals surface area (Å²) in [6, 6.07) is 0. The third-order valence-corrected chi connectivity index (χ3v) is 4.87. The third-order valence-electron chi connectivity index (χ3n) is 3.59. The van der Waals surface area contributed by atoms with Crippen molar-refractivity contribution >= 4 is 29.3 Å². The molecule has 0 fully saturated rings. The van der Waals surface area contributed by atoms with Crippen LogP contribution in [0.2, 0.25) is 0 Å². The second-order valence-corrected chi connectivity index (χ2v) is 6.59. The van der Waals surface area contributed by atoms with E-state index in [1.54, 1.807) is 16.7 Å². The first kappa shape index (κ1) is 15.5. The lowest BCUT2D eigenvalue weighted by molar-refractivity contribution is -0.129. The Bertz CT molecular complexity index is 505. The van der Waals surface area contributed by atoms with Gasteiger partial charge in [0, 0.05) is 41.6 Å². The van der Waals surface area contributed by atoms with Gasteiger partial charge < -0.3 is 4.90 Å². The number of hydrogen-bond acceptors (Lipinski definition) is 2. The molecule has 1 amide bonds. The fourth-order valence-corrected chi connectivity index (χ4v) is 3.34. The van der Waals surface area contributed by atoms with Crippen molar-refractivity contribution in [3.63, 3.8) is 0 Å². The number of rotatable bonds is 5. The van der Waals surface area contributed by atoms with E-state index in [1.807, 2.05) is 20.0 Å². The predicted octanol–water partition coefficient (Wildman–Crippen LogP) is 4.11. The molecule has 4 heteroatoms. The summed E-state index contributed by atoms with van der Waals surface area (Å²) in [6.45, 7) is 2.77. The maximum absolute atomic E-state index is 11.7. The lowest BCUT2D eigenvalue weighted by Gasteiger charge is -2.21. The molecule has 0 saturated carbocycles. The monoisotopic (exact) mass is 309 g/mol. The van der Waals surface area contributed by atoms with Crippen LogP contribution in [0.25, 0.3) is 0 Å². The minimum Gasteiger partial charge on any atom is -0.346 e. The van der Waals surface area contributed by atoms with Crippen molar-refractivity contribution < 1.29 is 4.79 Å². The molecule has 2 aliphatic carbocycles. The molecule has 1 atom stereocenters. The highest BCUT2D eigenvalue weighted by molar-refractivity contribution is 8.03. The van der Waals surface area contributed by atoms with Gasteiger partial charge in [-0.3, -0.25) is 4.79 Å². The van der Waals surface area contributed by atoms with Gasteiger partial charge in [0.25, 0.3) is 0 Å². The van der Waals surface area contributed by atoms with E-state index >= 15 is 0 Å². The summed E-state index contributed by atoms with van der Waals surface area (Å²) < 4.78 is 0. The van der Waals surface area contributed by atoms with Crippen LogP contribution in [0.3, 0.4) is 0 Å². The van der Waals surface area contributed by atoms with Crippen LogP contribution in [-0.2, 0) is 4.79 Å². The number of carbonyl (C=O) groups is 1. The first-order valence-corrected chi connectivity index (χ1v) is 8.30. The quantitative estimate of drug-likeness (QED) is 0.761. The average molecular weight is 310 g/mol. The molecule has 0 N–H and O–H groups in total. The van der Waals surface area contributed by atoms with Gasteiger partial charge in [0.2, 0.25) is 5.91 Å². The van der Waals surface area contributed by atoms with Gasteiger partial charge >= 0.3 is 0 Å². The molecule has 0 bridgehead atoms. The van der Waals surface area contributed by atoms with Gasteiger partial charge in [-0.25, -0.2) is 0 Å². The largest absolute Gasteiger partial charge is 0.346 e. The Morgan fingerprint density at radius 3 is 3.05 bits per heavy atom. The van der Waals surface area contributed by atoms with Crippen LogP contribution in [0.5, 0.6) is 0 Å². The zero-order valence-electron chi connectivity index (χ0n) is 11.9. The average Bonchev–Trinajstić information content (AvgIpc) is 2.46. The molecule has 2 aliphatic rings. The zero-order chi connectivity index (χ0) is 14.5. The third kappa shape index (κ3) is 4.03. The smallest absolute Gasteiger partial charge is 0.223 e. The highest BCUT2D eigenvalue weighted by Gasteiger charge is 2.17. The minimum absolute atomic E-state index is 0.216. The Kier molecular flexibility index (Phi) is 5.55. The van der Waals surface area contributed by atoms with Crippen molar-refractivity contribution in [1.82, 2.24) is 4.90 Å².